The molecule has 152 valence electrons. The predicted octanol–water partition coefficient (Wildman–Crippen LogP) is 2.54. The van der Waals surface area contributed by atoms with Crippen molar-refractivity contribution >= 4 is 0 Å². The van der Waals surface area contributed by atoms with E-state index in [0.29, 0.717) is 13.2 Å². The van der Waals surface area contributed by atoms with Gasteiger partial charge in [0.1, 0.15) is 36.6 Å². The Labute approximate surface area is 157 Å². The van der Waals surface area contributed by atoms with Crippen molar-refractivity contribution in [2.24, 2.45) is 0 Å². The van der Waals surface area contributed by atoms with Crippen LogP contribution in [0.4, 0.5) is 0 Å². The number of aliphatic hydroxyl groups excluding tert-OH is 2. The summed E-state index contributed by atoms with van der Waals surface area (Å²) in [5.41, 5.74) is 0. The van der Waals surface area contributed by atoms with Crippen LogP contribution in [0.5, 0.6) is 0 Å². The fourth-order valence-electron chi connectivity index (χ4n) is 4.38. The van der Waals surface area contributed by atoms with Crippen molar-refractivity contribution in [1.82, 2.24) is 0 Å². The lowest BCUT2D eigenvalue weighted by Gasteiger charge is -2.43. The van der Waals surface area contributed by atoms with E-state index in [-0.39, 0.29) is 0 Å². The summed E-state index contributed by atoms with van der Waals surface area (Å²) in [6.45, 7) is 5.29. The molecular formula is C20H36O6. The normalized spacial score (nSPS) is 39.2. The molecule has 2 aliphatic carbocycles. The highest BCUT2D eigenvalue weighted by molar-refractivity contribution is 5.06. The van der Waals surface area contributed by atoms with Crippen LogP contribution in [0.25, 0.3) is 0 Å². The maximum Gasteiger partial charge on any atom is 0.169 e. The van der Waals surface area contributed by atoms with Crippen molar-refractivity contribution in [2.45, 2.75) is 114 Å². The first kappa shape index (κ1) is 20.5. The fraction of sp³-hybridized carbons (Fsp3) is 1.00. The number of hydrogen-bond donors (Lipinski definition) is 2. The molecule has 1 saturated heterocycles. The molecule has 3 aliphatic rings. The lowest BCUT2D eigenvalue weighted by Crippen LogP contribution is -2.64. The maximum atomic E-state index is 10.7. The fourth-order valence-corrected chi connectivity index (χ4v) is 4.38. The van der Waals surface area contributed by atoms with Gasteiger partial charge in [-0.1, -0.05) is 33.1 Å². The van der Waals surface area contributed by atoms with E-state index in [1.807, 2.05) is 0 Å². The lowest BCUT2D eigenvalue weighted by atomic mass is 9.84. The molecule has 26 heavy (non-hydrogen) atoms. The Morgan fingerprint density at radius 2 is 1.27 bits per heavy atom. The van der Waals surface area contributed by atoms with Crippen LogP contribution in [-0.2, 0) is 18.9 Å². The molecule has 0 radical (unpaired) electrons. The standard InChI is InChI=1S/C20H36O6/c1-3-5-12-23-16-14(21)15(22)17(24-13-6-4-2)19-18(16)25-20(26-19)10-8-7-9-11-20/h14-19,21-22H,3-13H2,1-2H3/t14-,15?,16?,17?,18-,19?/m1/s1. The first-order valence-corrected chi connectivity index (χ1v) is 10.6. The van der Waals surface area contributed by atoms with E-state index in [9.17, 15) is 10.2 Å². The molecule has 2 N–H and O–H groups in total. The molecule has 0 aromatic heterocycles. The highest BCUT2D eigenvalue weighted by Gasteiger charge is 2.60. The number of unbranched alkanes of at least 4 members (excludes halogenated alkanes) is 2. The van der Waals surface area contributed by atoms with Crippen LogP contribution in [0.3, 0.4) is 0 Å². The highest BCUT2D eigenvalue weighted by atomic mass is 16.8. The van der Waals surface area contributed by atoms with Gasteiger partial charge in [0.05, 0.1) is 0 Å². The van der Waals surface area contributed by atoms with Gasteiger partial charge in [0.2, 0.25) is 0 Å². The summed E-state index contributed by atoms with van der Waals surface area (Å²) in [5.74, 6) is -0.601. The summed E-state index contributed by atoms with van der Waals surface area (Å²) < 4.78 is 24.7. The van der Waals surface area contributed by atoms with E-state index in [2.05, 4.69) is 13.8 Å². The van der Waals surface area contributed by atoms with E-state index in [1.165, 1.54) is 6.42 Å². The second-order valence-corrected chi connectivity index (χ2v) is 8.00. The molecule has 0 amide bonds. The molecule has 1 aliphatic heterocycles. The van der Waals surface area contributed by atoms with Gasteiger partial charge in [-0.3, -0.25) is 0 Å². The van der Waals surface area contributed by atoms with Crippen LogP contribution in [-0.4, -0.2) is 65.8 Å². The molecule has 6 heteroatoms. The summed E-state index contributed by atoms with van der Waals surface area (Å²) >= 11 is 0. The number of aliphatic hydroxyl groups is 2. The molecule has 0 bridgehead atoms. The first-order chi connectivity index (χ1) is 12.6. The average Bonchev–Trinajstić information content (AvgIpc) is 3.00. The van der Waals surface area contributed by atoms with Gasteiger partial charge in [-0.2, -0.15) is 0 Å². The molecule has 1 heterocycles. The Hall–Kier alpha value is -0.240. The minimum Gasteiger partial charge on any atom is -0.387 e. The van der Waals surface area contributed by atoms with Crippen LogP contribution in [0, 0.1) is 0 Å². The molecule has 0 aromatic carbocycles. The zero-order valence-corrected chi connectivity index (χ0v) is 16.3. The molecule has 3 rings (SSSR count). The number of rotatable bonds is 8. The third-order valence-corrected chi connectivity index (χ3v) is 5.93. The predicted molar refractivity (Wildman–Crippen MR) is 96.9 cm³/mol. The minimum absolute atomic E-state index is 0.394. The molecule has 4 unspecified atom stereocenters. The van der Waals surface area contributed by atoms with Crippen molar-refractivity contribution in [3.63, 3.8) is 0 Å². The molecule has 6 nitrogen and oxygen atoms in total. The van der Waals surface area contributed by atoms with Gasteiger partial charge in [-0.05, 0) is 25.7 Å². The Morgan fingerprint density at radius 1 is 0.808 bits per heavy atom. The van der Waals surface area contributed by atoms with Crippen molar-refractivity contribution in [1.29, 1.82) is 0 Å². The molecule has 0 aromatic rings. The second kappa shape index (κ2) is 9.30. The largest absolute Gasteiger partial charge is 0.387 e. The zero-order valence-electron chi connectivity index (χ0n) is 16.3. The smallest absolute Gasteiger partial charge is 0.169 e. The highest BCUT2D eigenvalue weighted by Crippen LogP contribution is 2.46. The number of fused-ring (bicyclic) bond motifs is 1. The van der Waals surface area contributed by atoms with E-state index in [1.54, 1.807) is 0 Å². The molecule has 2 saturated carbocycles. The maximum absolute atomic E-state index is 10.7. The number of ether oxygens (including phenoxy) is 4. The van der Waals surface area contributed by atoms with Gasteiger partial charge < -0.3 is 29.2 Å². The molecule has 1 spiro atoms. The summed E-state index contributed by atoms with van der Waals surface area (Å²) in [5, 5.41) is 21.4. The van der Waals surface area contributed by atoms with Crippen molar-refractivity contribution < 1.29 is 29.2 Å². The summed E-state index contributed by atoms with van der Waals surface area (Å²) in [4.78, 5) is 0. The van der Waals surface area contributed by atoms with Crippen molar-refractivity contribution in [3.8, 4) is 0 Å². The summed E-state index contributed by atoms with van der Waals surface area (Å²) in [6.07, 6.45) is 4.94. The van der Waals surface area contributed by atoms with Gasteiger partial charge >= 0.3 is 0 Å². The van der Waals surface area contributed by atoms with Crippen molar-refractivity contribution in [2.75, 3.05) is 13.2 Å². The Balaban J connectivity index is 1.76. The van der Waals surface area contributed by atoms with Gasteiger partial charge in [0.25, 0.3) is 0 Å². The SMILES string of the molecule is CCCCOC1C(O)[C@@H](O)C(OCCCC)[C@H]2OC3(CCCCC3)OC12. The first-order valence-electron chi connectivity index (χ1n) is 10.6. The van der Waals surface area contributed by atoms with Crippen LogP contribution in [0.15, 0.2) is 0 Å². The molecular weight excluding hydrogens is 336 g/mol. The monoisotopic (exact) mass is 372 g/mol. The zero-order chi connectivity index (χ0) is 18.6. The second-order valence-electron chi connectivity index (χ2n) is 8.00. The third kappa shape index (κ3) is 4.26. The van der Waals surface area contributed by atoms with Crippen LogP contribution in [0.1, 0.15) is 71.6 Å². The lowest BCUT2D eigenvalue weighted by molar-refractivity contribution is -0.218. The Morgan fingerprint density at radius 3 is 1.69 bits per heavy atom. The van der Waals surface area contributed by atoms with E-state index >= 15 is 0 Å². The van der Waals surface area contributed by atoms with Gasteiger partial charge in [0, 0.05) is 26.1 Å². The van der Waals surface area contributed by atoms with Gasteiger partial charge in [-0.15, -0.1) is 0 Å². The molecule has 3 fully saturated rings. The Bertz CT molecular complexity index is 393. The van der Waals surface area contributed by atoms with Gasteiger partial charge in [-0.25, -0.2) is 0 Å². The van der Waals surface area contributed by atoms with Crippen LogP contribution >= 0.6 is 0 Å². The summed E-state index contributed by atoms with van der Waals surface area (Å²) in [7, 11) is 0. The van der Waals surface area contributed by atoms with E-state index < -0.39 is 42.4 Å². The van der Waals surface area contributed by atoms with Crippen LogP contribution < -0.4 is 0 Å². The van der Waals surface area contributed by atoms with Gasteiger partial charge in [0.15, 0.2) is 5.79 Å². The summed E-state index contributed by atoms with van der Waals surface area (Å²) in [6, 6.07) is 0. The minimum atomic E-state index is -1.03. The Kier molecular flexibility index (Phi) is 7.33. The van der Waals surface area contributed by atoms with Crippen molar-refractivity contribution in [3.05, 3.63) is 0 Å². The average molecular weight is 373 g/mol. The van der Waals surface area contributed by atoms with E-state index in [0.717, 1.165) is 51.4 Å². The number of hydrogen-bond acceptors (Lipinski definition) is 6. The van der Waals surface area contributed by atoms with E-state index in [4.69, 9.17) is 18.9 Å². The molecule has 6 atom stereocenters. The third-order valence-electron chi connectivity index (χ3n) is 5.93. The quantitative estimate of drug-likeness (QED) is 0.638. The topological polar surface area (TPSA) is 77.4 Å². The van der Waals surface area contributed by atoms with Crippen LogP contribution in [0.2, 0.25) is 0 Å².